The van der Waals surface area contributed by atoms with E-state index in [0.717, 1.165) is 11.1 Å². The van der Waals surface area contributed by atoms with Gasteiger partial charge in [-0.2, -0.15) is 0 Å². The summed E-state index contributed by atoms with van der Waals surface area (Å²) in [5.74, 6) is 0.405. The highest BCUT2D eigenvalue weighted by molar-refractivity contribution is 5.80. The molecule has 0 aliphatic rings. The van der Waals surface area contributed by atoms with Gasteiger partial charge in [0.2, 0.25) is 0 Å². The Bertz CT molecular complexity index is 613. The third kappa shape index (κ3) is 4.60. The highest BCUT2D eigenvalue weighted by Crippen LogP contribution is 2.14. The second kappa shape index (κ2) is 7.61. The van der Waals surface area contributed by atoms with E-state index >= 15 is 0 Å². The van der Waals surface area contributed by atoms with Crippen LogP contribution in [0.2, 0.25) is 0 Å². The zero-order valence-corrected chi connectivity index (χ0v) is 12.8. The molecule has 2 aromatic carbocycles. The molecule has 0 saturated heterocycles. The van der Waals surface area contributed by atoms with Crippen LogP contribution < -0.4 is 10.1 Å². The van der Waals surface area contributed by atoms with Gasteiger partial charge < -0.3 is 15.2 Å². The van der Waals surface area contributed by atoms with Gasteiger partial charge in [0.05, 0.1) is 6.10 Å². The molecule has 0 aromatic heterocycles. The van der Waals surface area contributed by atoms with Crippen LogP contribution >= 0.6 is 0 Å². The molecule has 0 unspecified atom stereocenters. The summed E-state index contributed by atoms with van der Waals surface area (Å²) in [5.41, 5.74) is 1.85. The summed E-state index contributed by atoms with van der Waals surface area (Å²) in [6, 6.07) is 16.8. The number of carbonyl (C=O) groups is 1. The highest BCUT2D eigenvalue weighted by Gasteiger charge is 2.16. The Morgan fingerprint density at radius 3 is 2.59 bits per heavy atom. The number of carbonyl (C=O) groups excluding carboxylic acids is 1. The Labute approximate surface area is 130 Å². The topological polar surface area (TPSA) is 58.6 Å². The van der Waals surface area contributed by atoms with Crippen LogP contribution in [0.4, 0.5) is 0 Å². The minimum atomic E-state index is -0.726. The van der Waals surface area contributed by atoms with Crippen LogP contribution in [0.25, 0.3) is 0 Å². The fraction of sp³-hybridized carbons (Fsp3) is 0.278. The molecule has 4 nitrogen and oxygen atoms in total. The van der Waals surface area contributed by atoms with Crippen LogP contribution in [-0.2, 0) is 4.79 Å². The molecule has 0 fully saturated rings. The van der Waals surface area contributed by atoms with Crippen molar-refractivity contribution in [1.29, 1.82) is 0 Å². The van der Waals surface area contributed by atoms with Crippen molar-refractivity contribution in [2.45, 2.75) is 26.1 Å². The van der Waals surface area contributed by atoms with Crippen LogP contribution in [-0.4, -0.2) is 23.7 Å². The number of hydrogen-bond donors (Lipinski definition) is 2. The summed E-state index contributed by atoms with van der Waals surface area (Å²) < 4.78 is 5.60. The molecule has 2 rings (SSSR count). The highest BCUT2D eigenvalue weighted by atomic mass is 16.5. The number of rotatable bonds is 6. The molecule has 0 radical (unpaired) electrons. The van der Waals surface area contributed by atoms with Crippen LogP contribution in [0, 0.1) is 6.92 Å². The van der Waals surface area contributed by atoms with E-state index in [-0.39, 0.29) is 12.5 Å². The van der Waals surface area contributed by atoms with Gasteiger partial charge in [-0.3, -0.25) is 4.79 Å². The predicted octanol–water partition coefficient (Wildman–Crippen LogP) is 2.61. The molecule has 2 N–H and O–H groups in total. The summed E-state index contributed by atoms with van der Waals surface area (Å²) in [4.78, 5) is 12.0. The van der Waals surface area contributed by atoms with Crippen LogP contribution in [0.5, 0.6) is 5.75 Å². The van der Waals surface area contributed by atoms with E-state index in [1.54, 1.807) is 6.92 Å². The lowest BCUT2D eigenvalue weighted by Crippen LogP contribution is -2.38. The maximum atomic E-state index is 12.0. The first-order valence-corrected chi connectivity index (χ1v) is 7.30. The minimum absolute atomic E-state index is 0.157. The first-order valence-electron chi connectivity index (χ1n) is 7.30. The van der Waals surface area contributed by atoms with E-state index in [0.29, 0.717) is 5.75 Å². The van der Waals surface area contributed by atoms with Gasteiger partial charge in [0.15, 0.2) is 6.10 Å². The lowest BCUT2D eigenvalue weighted by atomic mass is 10.1. The third-order valence-corrected chi connectivity index (χ3v) is 3.33. The van der Waals surface area contributed by atoms with E-state index in [2.05, 4.69) is 5.32 Å². The second-order valence-corrected chi connectivity index (χ2v) is 5.25. The summed E-state index contributed by atoms with van der Waals surface area (Å²) >= 11 is 0. The van der Waals surface area contributed by atoms with Crippen LogP contribution in [0.3, 0.4) is 0 Å². The smallest absolute Gasteiger partial charge is 0.260 e. The average Bonchev–Trinajstić information content (AvgIpc) is 2.53. The maximum absolute atomic E-state index is 12.0. The molecule has 0 bridgehead atoms. The van der Waals surface area contributed by atoms with Crippen molar-refractivity contribution in [3.63, 3.8) is 0 Å². The van der Waals surface area contributed by atoms with Crippen molar-refractivity contribution in [1.82, 2.24) is 5.32 Å². The summed E-state index contributed by atoms with van der Waals surface area (Å²) in [6.07, 6.45) is -1.35. The molecule has 1 amide bonds. The predicted molar refractivity (Wildman–Crippen MR) is 85.7 cm³/mol. The lowest BCUT2D eigenvalue weighted by molar-refractivity contribution is -0.127. The normalized spacial score (nSPS) is 13.2. The van der Waals surface area contributed by atoms with Crippen LogP contribution in [0.15, 0.2) is 54.6 Å². The zero-order chi connectivity index (χ0) is 15.9. The monoisotopic (exact) mass is 299 g/mol. The second-order valence-electron chi connectivity index (χ2n) is 5.25. The number of aryl methyl sites for hydroxylation is 1. The molecular weight excluding hydrogens is 278 g/mol. The fourth-order valence-corrected chi connectivity index (χ4v) is 2.08. The molecule has 0 heterocycles. The molecule has 0 spiro atoms. The van der Waals surface area contributed by atoms with Gasteiger partial charge in [-0.25, -0.2) is 0 Å². The number of aliphatic hydroxyl groups excluding tert-OH is 1. The Morgan fingerprint density at radius 1 is 1.18 bits per heavy atom. The third-order valence-electron chi connectivity index (χ3n) is 3.33. The van der Waals surface area contributed by atoms with E-state index in [4.69, 9.17) is 4.74 Å². The largest absolute Gasteiger partial charge is 0.481 e. The minimum Gasteiger partial charge on any atom is -0.481 e. The first kappa shape index (κ1) is 16.0. The molecule has 4 heteroatoms. The number of benzene rings is 2. The van der Waals surface area contributed by atoms with Crippen molar-refractivity contribution in [2.24, 2.45) is 0 Å². The molecule has 2 atom stereocenters. The average molecular weight is 299 g/mol. The van der Waals surface area contributed by atoms with Gasteiger partial charge >= 0.3 is 0 Å². The molecule has 0 aliphatic heterocycles. The molecule has 116 valence electrons. The van der Waals surface area contributed by atoms with Gasteiger partial charge in [0.25, 0.3) is 5.91 Å². The summed E-state index contributed by atoms with van der Waals surface area (Å²) in [6.45, 7) is 3.81. The Morgan fingerprint density at radius 2 is 1.91 bits per heavy atom. The number of amides is 1. The Kier molecular flexibility index (Phi) is 5.55. The van der Waals surface area contributed by atoms with Gasteiger partial charge in [-0.1, -0.05) is 42.5 Å². The fourth-order valence-electron chi connectivity index (χ4n) is 2.08. The maximum Gasteiger partial charge on any atom is 0.260 e. The molecule has 0 aliphatic carbocycles. The Hall–Kier alpha value is -2.33. The number of ether oxygens (including phenoxy) is 1. The SMILES string of the molecule is Cc1cccc(O[C@H](C)C(=O)NC[C@H](O)c2ccccc2)c1. The first-order chi connectivity index (χ1) is 10.6. The summed E-state index contributed by atoms with van der Waals surface area (Å²) in [5, 5.41) is 12.7. The van der Waals surface area contributed by atoms with Crippen molar-refractivity contribution >= 4 is 5.91 Å². The number of nitrogens with one attached hydrogen (secondary N) is 1. The summed E-state index contributed by atoms with van der Waals surface area (Å²) in [7, 11) is 0. The van der Waals surface area contributed by atoms with E-state index in [9.17, 15) is 9.90 Å². The molecule has 2 aromatic rings. The number of hydrogen-bond acceptors (Lipinski definition) is 3. The van der Waals surface area contributed by atoms with Gasteiger partial charge in [0.1, 0.15) is 5.75 Å². The van der Waals surface area contributed by atoms with Gasteiger partial charge in [0, 0.05) is 6.54 Å². The quantitative estimate of drug-likeness (QED) is 0.862. The standard InChI is InChI=1S/C18H21NO3/c1-13-7-6-10-16(11-13)22-14(2)18(21)19-12-17(20)15-8-4-3-5-9-15/h3-11,14,17,20H,12H2,1-2H3,(H,19,21)/t14-,17+/m1/s1. The molecule has 0 saturated carbocycles. The lowest BCUT2D eigenvalue weighted by Gasteiger charge is -2.17. The van der Waals surface area contributed by atoms with Crippen molar-refractivity contribution in [3.8, 4) is 5.75 Å². The Balaban J connectivity index is 1.84. The van der Waals surface area contributed by atoms with E-state index in [1.807, 2.05) is 61.5 Å². The molecule has 22 heavy (non-hydrogen) atoms. The van der Waals surface area contributed by atoms with Crippen molar-refractivity contribution in [3.05, 3.63) is 65.7 Å². The van der Waals surface area contributed by atoms with Crippen molar-refractivity contribution in [2.75, 3.05) is 6.54 Å². The number of aliphatic hydroxyl groups is 1. The van der Waals surface area contributed by atoms with E-state index in [1.165, 1.54) is 0 Å². The van der Waals surface area contributed by atoms with Gasteiger partial charge in [-0.05, 0) is 37.1 Å². The van der Waals surface area contributed by atoms with E-state index < -0.39 is 12.2 Å². The molecular formula is C18H21NO3. The van der Waals surface area contributed by atoms with Gasteiger partial charge in [-0.15, -0.1) is 0 Å². The van der Waals surface area contributed by atoms with Crippen molar-refractivity contribution < 1.29 is 14.6 Å². The zero-order valence-electron chi connectivity index (χ0n) is 12.8. The van der Waals surface area contributed by atoms with Crippen LogP contribution in [0.1, 0.15) is 24.2 Å².